The number of hydrogen-bond donors (Lipinski definition) is 1. The molecule has 3 aromatic rings. The molecule has 0 spiro atoms. The highest BCUT2D eigenvalue weighted by Gasteiger charge is 2.24. The summed E-state index contributed by atoms with van der Waals surface area (Å²) in [6.45, 7) is 1.76. The molecule has 3 heterocycles. The standard InChI is InChI=1S/C20H17N3O5S/c1-12-15(21-19(28-12)16-3-2-10-29-16)11-27-20(26)13-4-6-14(7-5-13)23-18(25)9-8-17(24)22-23/h2-7,10H,8-9,11H2,1H3,(H,22,24). The van der Waals surface area contributed by atoms with E-state index in [1.165, 1.54) is 16.3 Å². The van der Waals surface area contributed by atoms with Crippen molar-refractivity contribution in [3.63, 3.8) is 0 Å². The normalized spacial score (nSPS) is 14.0. The summed E-state index contributed by atoms with van der Waals surface area (Å²) in [5.41, 5.74) is 3.87. The molecule has 1 saturated heterocycles. The monoisotopic (exact) mass is 411 g/mol. The molecule has 1 fully saturated rings. The Bertz CT molecular complexity index is 1060. The number of amides is 2. The number of nitrogens with one attached hydrogen (secondary N) is 1. The summed E-state index contributed by atoms with van der Waals surface area (Å²) in [4.78, 5) is 41.1. The van der Waals surface area contributed by atoms with Crippen LogP contribution in [0.4, 0.5) is 5.69 Å². The highest BCUT2D eigenvalue weighted by Crippen LogP contribution is 2.26. The van der Waals surface area contributed by atoms with Gasteiger partial charge in [-0.25, -0.2) is 14.8 Å². The number of esters is 1. The first-order chi connectivity index (χ1) is 14.0. The fraction of sp³-hybridized carbons (Fsp3) is 0.200. The molecule has 29 heavy (non-hydrogen) atoms. The first-order valence-electron chi connectivity index (χ1n) is 8.91. The van der Waals surface area contributed by atoms with Crippen molar-refractivity contribution >= 4 is 34.8 Å². The fourth-order valence-corrected chi connectivity index (χ4v) is 3.46. The SMILES string of the molecule is Cc1oc(-c2cccs2)nc1COC(=O)c1ccc(N2NC(=O)CCC2=O)cc1. The van der Waals surface area contributed by atoms with E-state index in [2.05, 4.69) is 10.4 Å². The number of nitrogens with zero attached hydrogens (tertiary/aromatic N) is 2. The van der Waals surface area contributed by atoms with Crippen LogP contribution in [0.3, 0.4) is 0 Å². The van der Waals surface area contributed by atoms with Crippen molar-refractivity contribution < 1.29 is 23.5 Å². The molecule has 4 rings (SSSR count). The predicted octanol–water partition coefficient (Wildman–Crippen LogP) is 3.23. The highest BCUT2D eigenvalue weighted by atomic mass is 32.1. The predicted molar refractivity (Wildman–Crippen MR) is 105 cm³/mol. The number of aromatic nitrogens is 1. The summed E-state index contributed by atoms with van der Waals surface area (Å²) < 4.78 is 11.0. The zero-order chi connectivity index (χ0) is 20.4. The Balaban J connectivity index is 1.40. The van der Waals surface area contributed by atoms with E-state index in [1.54, 1.807) is 31.2 Å². The fourth-order valence-electron chi connectivity index (χ4n) is 2.82. The van der Waals surface area contributed by atoms with Crippen LogP contribution in [-0.4, -0.2) is 22.8 Å². The number of rotatable bonds is 5. The second-order valence-corrected chi connectivity index (χ2v) is 7.33. The van der Waals surface area contributed by atoms with Crippen molar-refractivity contribution in [2.45, 2.75) is 26.4 Å². The molecular formula is C20H17N3O5S. The number of carbonyl (C=O) groups excluding carboxylic acids is 3. The van der Waals surface area contributed by atoms with Crippen LogP contribution in [0.25, 0.3) is 10.8 Å². The largest absolute Gasteiger partial charge is 0.455 e. The van der Waals surface area contributed by atoms with Crippen molar-refractivity contribution in [1.82, 2.24) is 10.4 Å². The van der Waals surface area contributed by atoms with E-state index in [0.29, 0.717) is 28.6 Å². The smallest absolute Gasteiger partial charge is 0.338 e. The quantitative estimate of drug-likeness (QED) is 0.647. The van der Waals surface area contributed by atoms with Gasteiger partial charge < -0.3 is 9.15 Å². The number of hydrazine groups is 1. The molecule has 8 nitrogen and oxygen atoms in total. The molecule has 0 aliphatic carbocycles. The van der Waals surface area contributed by atoms with E-state index in [4.69, 9.17) is 9.15 Å². The number of anilines is 1. The van der Waals surface area contributed by atoms with Gasteiger partial charge in [0.25, 0.3) is 0 Å². The summed E-state index contributed by atoms with van der Waals surface area (Å²) >= 11 is 1.51. The van der Waals surface area contributed by atoms with Crippen molar-refractivity contribution in [2.24, 2.45) is 0 Å². The van der Waals surface area contributed by atoms with Gasteiger partial charge >= 0.3 is 5.97 Å². The number of thiophene rings is 1. The Morgan fingerprint density at radius 3 is 2.76 bits per heavy atom. The molecule has 0 saturated carbocycles. The Kier molecular flexibility index (Phi) is 5.13. The van der Waals surface area contributed by atoms with Crippen LogP contribution in [0.5, 0.6) is 0 Å². The van der Waals surface area contributed by atoms with Crippen LogP contribution in [0.15, 0.2) is 46.2 Å². The minimum atomic E-state index is -0.523. The van der Waals surface area contributed by atoms with E-state index in [0.717, 1.165) is 4.88 Å². The lowest BCUT2D eigenvalue weighted by Crippen LogP contribution is -2.50. The van der Waals surface area contributed by atoms with Gasteiger partial charge in [-0.05, 0) is 42.6 Å². The zero-order valence-electron chi connectivity index (χ0n) is 15.5. The minimum absolute atomic E-state index is 0.0119. The average molecular weight is 411 g/mol. The Labute approximate surface area is 170 Å². The molecular weight excluding hydrogens is 394 g/mol. The summed E-state index contributed by atoms with van der Waals surface area (Å²) in [6.07, 6.45) is 0.329. The molecule has 0 atom stereocenters. The van der Waals surface area contributed by atoms with Gasteiger partial charge in [-0.3, -0.25) is 15.0 Å². The minimum Gasteiger partial charge on any atom is -0.455 e. The van der Waals surface area contributed by atoms with Gasteiger partial charge in [0.15, 0.2) is 0 Å². The lowest BCUT2D eigenvalue weighted by Gasteiger charge is -2.27. The van der Waals surface area contributed by atoms with E-state index >= 15 is 0 Å². The molecule has 148 valence electrons. The molecule has 1 aromatic carbocycles. The molecule has 9 heteroatoms. The third kappa shape index (κ3) is 4.04. The first kappa shape index (κ1) is 18.9. The van der Waals surface area contributed by atoms with Crippen molar-refractivity contribution in [1.29, 1.82) is 0 Å². The lowest BCUT2D eigenvalue weighted by molar-refractivity contribution is -0.130. The van der Waals surface area contributed by atoms with Gasteiger partial charge in [0.2, 0.25) is 17.7 Å². The van der Waals surface area contributed by atoms with Crippen LogP contribution in [0.1, 0.15) is 34.7 Å². The topological polar surface area (TPSA) is 102 Å². The molecule has 1 aliphatic heterocycles. The van der Waals surface area contributed by atoms with Gasteiger partial charge in [0.1, 0.15) is 18.1 Å². The number of benzene rings is 1. The molecule has 0 radical (unpaired) electrons. The van der Waals surface area contributed by atoms with Crippen LogP contribution in [-0.2, 0) is 20.9 Å². The third-order valence-electron chi connectivity index (χ3n) is 4.38. The Hall–Kier alpha value is -3.46. The maximum absolute atomic E-state index is 12.3. The molecule has 2 aromatic heterocycles. The number of ether oxygens (including phenoxy) is 1. The maximum Gasteiger partial charge on any atom is 0.338 e. The van der Waals surface area contributed by atoms with Crippen LogP contribution in [0.2, 0.25) is 0 Å². The summed E-state index contributed by atoms with van der Waals surface area (Å²) in [7, 11) is 0. The van der Waals surface area contributed by atoms with Gasteiger partial charge in [-0.15, -0.1) is 11.3 Å². The van der Waals surface area contributed by atoms with E-state index < -0.39 is 5.97 Å². The Morgan fingerprint density at radius 2 is 2.03 bits per heavy atom. The molecule has 0 unspecified atom stereocenters. The van der Waals surface area contributed by atoms with Gasteiger partial charge in [0, 0.05) is 12.8 Å². The van der Waals surface area contributed by atoms with Crippen LogP contribution in [0, 0.1) is 6.92 Å². The first-order valence-corrected chi connectivity index (χ1v) is 9.79. The second kappa shape index (κ2) is 7.88. The van der Waals surface area contributed by atoms with E-state index in [1.807, 2.05) is 17.5 Å². The van der Waals surface area contributed by atoms with Crippen LogP contribution < -0.4 is 10.4 Å². The number of oxazole rings is 1. The van der Waals surface area contributed by atoms with Gasteiger partial charge in [0.05, 0.1) is 16.1 Å². The molecule has 0 bridgehead atoms. The summed E-state index contributed by atoms with van der Waals surface area (Å²) in [6, 6.07) is 10.1. The van der Waals surface area contributed by atoms with E-state index in [-0.39, 0.29) is 31.3 Å². The summed E-state index contributed by atoms with van der Waals surface area (Å²) in [5, 5.41) is 3.12. The number of aryl methyl sites for hydroxylation is 1. The summed E-state index contributed by atoms with van der Waals surface area (Å²) in [5.74, 6) is 0.142. The zero-order valence-corrected chi connectivity index (χ0v) is 16.3. The van der Waals surface area contributed by atoms with Gasteiger partial charge in [-0.1, -0.05) is 6.07 Å². The number of carbonyl (C=O) groups is 3. The molecule has 1 aliphatic rings. The number of hydrogen-bond acceptors (Lipinski definition) is 7. The Morgan fingerprint density at radius 1 is 1.24 bits per heavy atom. The highest BCUT2D eigenvalue weighted by molar-refractivity contribution is 7.13. The van der Waals surface area contributed by atoms with Crippen molar-refractivity contribution in [2.75, 3.05) is 5.01 Å². The van der Waals surface area contributed by atoms with Crippen molar-refractivity contribution in [3.8, 4) is 10.8 Å². The van der Waals surface area contributed by atoms with Gasteiger partial charge in [-0.2, -0.15) is 0 Å². The average Bonchev–Trinajstić information content (AvgIpc) is 3.38. The second-order valence-electron chi connectivity index (χ2n) is 6.39. The van der Waals surface area contributed by atoms with Crippen LogP contribution >= 0.6 is 11.3 Å². The molecule has 1 N–H and O–H groups in total. The molecule has 2 amide bonds. The third-order valence-corrected chi connectivity index (χ3v) is 5.24. The van der Waals surface area contributed by atoms with E-state index in [9.17, 15) is 14.4 Å². The lowest BCUT2D eigenvalue weighted by atomic mass is 10.2. The van der Waals surface area contributed by atoms with Crippen molar-refractivity contribution in [3.05, 3.63) is 58.8 Å². The maximum atomic E-state index is 12.3.